The Morgan fingerprint density at radius 1 is 1.44 bits per heavy atom. The molecule has 1 aromatic carbocycles. The molecule has 0 radical (unpaired) electrons. The highest BCUT2D eigenvalue weighted by Crippen LogP contribution is 2.13. The minimum atomic E-state index is 0.600. The summed E-state index contributed by atoms with van der Waals surface area (Å²) in [5.74, 6) is 0.600. The number of nitrogens with two attached hydrogens (primary N) is 1. The van der Waals surface area contributed by atoms with Crippen LogP contribution in [0.2, 0.25) is 0 Å². The summed E-state index contributed by atoms with van der Waals surface area (Å²) in [4.78, 5) is 9.71. The molecule has 0 saturated carbocycles. The van der Waals surface area contributed by atoms with Crippen LogP contribution in [-0.2, 0) is 6.54 Å². The maximum Gasteiger partial charge on any atom is 0.0931 e. The Kier molecular flexibility index (Phi) is 4.33. The number of aromatic amines is 1. The van der Waals surface area contributed by atoms with Gasteiger partial charge in [0.2, 0.25) is 0 Å². The fourth-order valence-electron chi connectivity index (χ4n) is 2.03. The van der Waals surface area contributed by atoms with Gasteiger partial charge in [-0.05, 0) is 50.2 Å². The highest BCUT2D eigenvalue weighted by Gasteiger charge is 2.05. The first-order valence-corrected chi connectivity index (χ1v) is 6.49. The van der Waals surface area contributed by atoms with Gasteiger partial charge in [0, 0.05) is 6.54 Å². The van der Waals surface area contributed by atoms with Gasteiger partial charge in [-0.15, -0.1) is 0 Å². The van der Waals surface area contributed by atoms with Gasteiger partial charge in [-0.25, -0.2) is 4.98 Å². The Bertz CT molecular complexity index is 491. The molecule has 0 bridgehead atoms. The second-order valence-corrected chi connectivity index (χ2v) is 5.12. The summed E-state index contributed by atoms with van der Waals surface area (Å²) in [5.41, 5.74) is 9.08. The molecule has 0 amide bonds. The van der Waals surface area contributed by atoms with Crippen molar-refractivity contribution < 1.29 is 0 Å². The zero-order chi connectivity index (χ0) is 13.0. The summed E-state index contributed by atoms with van der Waals surface area (Å²) in [6.07, 6.45) is 2.89. The number of fused-ring (bicyclic) bond motifs is 1. The van der Waals surface area contributed by atoms with Gasteiger partial charge in [-0.1, -0.05) is 13.0 Å². The van der Waals surface area contributed by atoms with Crippen LogP contribution in [0.25, 0.3) is 11.0 Å². The summed E-state index contributed by atoms with van der Waals surface area (Å²) in [7, 11) is 2.15. The van der Waals surface area contributed by atoms with Crippen molar-refractivity contribution in [3.8, 4) is 0 Å². The third-order valence-corrected chi connectivity index (χ3v) is 3.34. The normalized spacial score (nSPS) is 13.3. The van der Waals surface area contributed by atoms with Crippen LogP contribution in [0.5, 0.6) is 0 Å². The van der Waals surface area contributed by atoms with Gasteiger partial charge in [0.25, 0.3) is 0 Å². The van der Waals surface area contributed by atoms with E-state index < -0.39 is 0 Å². The molecule has 1 atom stereocenters. The first-order valence-electron chi connectivity index (χ1n) is 6.49. The van der Waals surface area contributed by atoms with E-state index in [1.807, 2.05) is 0 Å². The molecule has 2 rings (SSSR count). The molecular weight excluding hydrogens is 224 g/mol. The van der Waals surface area contributed by atoms with E-state index in [0.29, 0.717) is 5.92 Å². The topological polar surface area (TPSA) is 57.9 Å². The lowest BCUT2D eigenvalue weighted by atomic mass is 10.1. The number of hydrogen-bond donors (Lipinski definition) is 2. The van der Waals surface area contributed by atoms with Crippen molar-refractivity contribution in [2.75, 3.05) is 20.1 Å². The molecule has 0 aliphatic heterocycles. The lowest BCUT2D eigenvalue weighted by Crippen LogP contribution is -2.23. The van der Waals surface area contributed by atoms with E-state index in [9.17, 15) is 0 Å². The van der Waals surface area contributed by atoms with E-state index in [-0.39, 0.29) is 0 Å². The standard InChI is InChI=1S/C14H22N4/c1-11(8-15)5-6-18(2)9-12-3-4-13-14(7-12)17-10-16-13/h3-4,7,10-11H,5-6,8-9,15H2,1-2H3,(H,16,17). The van der Waals surface area contributed by atoms with Gasteiger partial charge >= 0.3 is 0 Å². The SMILES string of the molecule is CC(CN)CCN(C)Cc1ccc2nc[nH]c2c1. The van der Waals surface area contributed by atoms with E-state index in [4.69, 9.17) is 5.73 Å². The van der Waals surface area contributed by atoms with Crippen LogP contribution in [0.3, 0.4) is 0 Å². The van der Waals surface area contributed by atoms with Crippen molar-refractivity contribution >= 4 is 11.0 Å². The number of benzene rings is 1. The van der Waals surface area contributed by atoms with Gasteiger partial charge in [0.15, 0.2) is 0 Å². The molecule has 0 fully saturated rings. The zero-order valence-electron chi connectivity index (χ0n) is 11.2. The lowest BCUT2D eigenvalue weighted by Gasteiger charge is -2.18. The molecule has 4 heteroatoms. The van der Waals surface area contributed by atoms with Crippen molar-refractivity contribution in [3.05, 3.63) is 30.1 Å². The molecule has 98 valence electrons. The molecule has 4 nitrogen and oxygen atoms in total. The average molecular weight is 246 g/mol. The third kappa shape index (κ3) is 3.31. The van der Waals surface area contributed by atoms with E-state index in [2.05, 4.69) is 47.0 Å². The third-order valence-electron chi connectivity index (χ3n) is 3.34. The summed E-state index contributed by atoms with van der Waals surface area (Å²) in [6, 6.07) is 6.38. The van der Waals surface area contributed by atoms with E-state index in [1.54, 1.807) is 6.33 Å². The van der Waals surface area contributed by atoms with Crippen LogP contribution < -0.4 is 5.73 Å². The fraction of sp³-hybridized carbons (Fsp3) is 0.500. The van der Waals surface area contributed by atoms with E-state index in [0.717, 1.165) is 37.1 Å². The Morgan fingerprint density at radius 3 is 3.06 bits per heavy atom. The molecule has 1 unspecified atom stereocenters. The second kappa shape index (κ2) is 5.98. The number of nitrogens with zero attached hydrogens (tertiary/aromatic N) is 2. The van der Waals surface area contributed by atoms with E-state index >= 15 is 0 Å². The predicted octanol–water partition coefficient (Wildman–Crippen LogP) is 1.98. The summed E-state index contributed by atoms with van der Waals surface area (Å²) < 4.78 is 0. The first kappa shape index (κ1) is 13.1. The number of nitrogens with one attached hydrogen (secondary N) is 1. The molecule has 0 aliphatic carbocycles. The predicted molar refractivity (Wildman–Crippen MR) is 75.3 cm³/mol. The van der Waals surface area contributed by atoms with Crippen LogP contribution in [-0.4, -0.2) is 35.0 Å². The van der Waals surface area contributed by atoms with Gasteiger partial charge in [0.05, 0.1) is 17.4 Å². The highest BCUT2D eigenvalue weighted by atomic mass is 15.1. The highest BCUT2D eigenvalue weighted by molar-refractivity contribution is 5.74. The zero-order valence-corrected chi connectivity index (χ0v) is 11.2. The summed E-state index contributed by atoms with van der Waals surface area (Å²) in [6.45, 7) is 5.02. The molecule has 18 heavy (non-hydrogen) atoms. The Hall–Kier alpha value is -1.39. The maximum atomic E-state index is 5.63. The molecular formula is C14H22N4. The van der Waals surface area contributed by atoms with Crippen LogP contribution >= 0.6 is 0 Å². The largest absolute Gasteiger partial charge is 0.345 e. The quantitative estimate of drug-likeness (QED) is 0.819. The molecule has 0 saturated heterocycles. The van der Waals surface area contributed by atoms with Crippen LogP contribution in [0.15, 0.2) is 24.5 Å². The first-order chi connectivity index (χ1) is 8.69. The van der Waals surface area contributed by atoms with Crippen LogP contribution in [0.1, 0.15) is 18.9 Å². The molecule has 1 aromatic heterocycles. The van der Waals surface area contributed by atoms with Gasteiger partial charge in [-0.3, -0.25) is 0 Å². The molecule has 3 N–H and O–H groups in total. The lowest BCUT2D eigenvalue weighted by molar-refractivity contribution is 0.300. The van der Waals surface area contributed by atoms with Crippen LogP contribution in [0, 0.1) is 5.92 Å². The number of hydrogen-bond acceptors (Lipinski definition) is 3. The van der Waals surface area contributed by atoms with Crippen LogP contribution in [0.4, 0.5) is 0 Å². The Balaban J connectivity index is 1.91. The molecule has 1 heterocycles. The minimum absolute atomic E-state index is 0.600. The van der Waals surface area contributed by atoms with Crippen molar-refractivity contribution in [2.24, 2.45) is 11.7 Å². The molecule has 2 aromatic rings. The average Bonchev–Trinajstić information content (AvgIpc) is 2.83. The van der Waals surface area contributed by atoms with Gasteiger partial charge in [-0.2, -0.15) is 0 Å². The summed E-state index contributed by atoms with van der Waals surface area (Å²) in [5, 5.41) is 0. The number of H-pyrrole nitrogens is 1. The molecule has 0 aliphatic rings. The van der Waals surface area contributed by atoms with Crippen molar-refractivity contribution in [3.63, 3.8) is 0 Å². The number of aromatic nitrogens is 2. The van der Waals surface area contributed by atoms with Crippen molar-refractivity contribution in [1.29, 1.82) is 0 Å². The van der Waals surface area contributed by atoms with Gasteiger partial charge in [0.1, 0.15) is 0 Å². The maximum absolute atomic E-state index is 5.63. The van der Waals surface area contributed by atoms with Crippen molar-refractivity contribution in [2.45, 2.75) is 19.9 Å². The minimum Gasteiger partial charge on any atom is -0.345 e. The Morgan fingerprint density at radius 2 is 2.28 bits per heavy atom. The molecule has 0 spiro atoms. The second-order valence-electron chi connectivity index (χ2n) is 5.12. The smallest absolute Gasteiger partial charge is 0.0931 e. The number of rotatable bonds is 6. The monoisotopic (exact) mass is 246 g/mol. The number of imidazole rings is 1. The fourth-order valence-corrected chi connectivity index (χ4v) is 2.03. The Labute approximate surface area is 108 Å². The van der Waals surface area contributed by atoms with Gasteiger partial charge < -0.3 is 15.6 Å². The van der Waals surface area contributed by atoms with Crippen molar-refractivity contribution in [1.82, 2.24) is 14.9 Å². The van der Waals surface area contributed by atoms with E-state index in [1.165, 1.54) is 5.56 Å². The summed E-state index contributed by atoms with van der Waals surface area (Å²) >= 11 is 0.